The van der Waals surface area contributed by atoms with E-state index in [2.05, 4.69) is 78.9 Å². The molecule has 0 fully saturated rings. The van der Waals surface area contributed by atoms with E-state index in [1.807, 2.05) is 127 Å². The summed E-state index contributed by atoms with van der Waals surface area (Å²) in [5.74, 6) is 1.18. The zero-order chi connectivity index (χ0) is 42.5. The number of nitrogens with zero attached hydrogens (tertiary/aromatic N) is 5. The van der Waals surface area contributed by atoms with Crippen molar-refractivity contribution in [3.63, 3.8) is 0 Å². The average Bonchev–Trinajstić information content (AvgIpc) is 3.37. The molecule has 63 heavy (non-hydrogen) atoms. The third kappa shape index (κ3) is 8.27. The van der Waals surface area contributed by atoms with E-state index in [1.165, 1.54) is 0 Å². The summed E-state index contributed by atoms with van der Waals surface area (Å²) in [6, 6.07) is 73.9. The van der Waals surface area contributed by atoms with E-state index in [4.69, 9.17) is 19.9 Å². The number of para-hydroxylation sites is 1. The van der Waals surface area contributed by atoms with Crippen molar-refractivity contribution >= 4 is 5.69 Å². The lowest BCUT2D eigenvalue weighted by Crippen LogP contribution is -1.96. The van der Waals surface area contributed by atoms with Gasteiger partial charge in [0.15, 0.2) is 11.6 Å². The fourth-order valence-electron chi connectivity index (χ4n) is 7.85. The van der Waals surface area contributed by atoms with Gasteiger partial charge in [-0.05, 0) is 76.3 Å². The Balaban J connectivity index is 1.11. The topological polar surface area (TPSA) is 94.7 Å². The molecule has 0 amide bonds. The number of rotatable bonds is 10. The molecule has 7 nitrogen and oxygen atoms in total. The zero-order valence-electron chi connectivity index (χ0n) is 33.9. The summed E-state index contributed by atoms with van der Waals surface area (Å²) in [6.07, 6.45) is 0. The number of nitro groups is 1. The maximum Gasteiger partial charge on any atom is 0.277 e. The minimum absolute atomic E-state index is 0.0299. The highest BCUT2D eigenvalue weighted by molar-refractivity contribution is 5.86. The van der Waals surface area contributed by atoms with Gasteiger partial charge in [-0.2, -0.15) is 0 Å². The highest BCUT2D eigenvalue weighted by Gasteiger charge is 2.19. The highest BCUT2D eigenvalue weighted by Crippen LogP contribution is 2.39. The van der Waals surface area contributed by atoms with Gasteiger partial charge in [-0.15, -0.1) is 0 Å². The molecule has 298 valence electrons. The molecule has 10 aromatic rings. The largest absolute Gasteiger partial charge is 0.277 e. The Morgan fingerprint density at radius 3 is 0.968 bits per heavy atom. The Morgan fingerprint density at radius 2 is 0.587 bits per heavy atom. The third-order valence-electron chi connectivity index (χ3n) is 11.0. The van der Waals surface area contributed by atoms with Crippen LogP contribution in [0.5, 0.6) is 0 Å². The van der Waals surface area contributed by atoms with Gasteiger partial charge in [0, 0.05) is 39.4 Å². The van der Waals surface area contributed by atoms with E-state index in [0.29, 0.717) is 22.8 Å². The number of benzene rings is 8. The molecule has 0 aliphatic heterocycles. The van der Waals surface area contributed by atoms with E-state index >= 15 is 0 Å². The van der Waals surface area contributed by atoms with Crippen LogP contribution in [0.25, 0.3) is 101 Å². The van der Waals surface area contributed by atoms with E-state index in [9.17, 15) is 10.1 Å². The van der Waals surface area contributed by atoms with Crippen molar-refractivity contribution in [2.24, 2.45) is 0 Å². The van der Waals surface area contributed by atoms with Crippen LogP contribution < -0.4 is 0 Å². The first-order valence-corrected chi connectivity index (χ1v) is 20.6. The minimum atomic E-state index is -0.328. The lowest BCUT2D eigenvalue weighted by molar-refractivity contribution is -0.384. The normalized spacial score (nSPS) is 11.0. The van der Waals surface area contributed by atoms with Crippen molar-refractivity contribution in [1.82, 2.24) is 19.9 Å². The van der Waals surface area contributed by atoms with E-state index < -0.39 is 0 Å². The smallest absolute Gasteiger partial charge is 0.258 e. The molecule has 0 radical (unpaired) electrons. The SMILES string of the molecule is O=[N+]([O-])c1ccccc1-c1cc(-c2cccc(-c3nc(-c4ccccc4)cc(-c4ccccc4)n3)c2)cc(-c2cccc(-c3nc(-c4ccccc4)cc(-c4ccccc4)n3)c2)c1. The maximum atomic E-state index is 12.4. The summed E-state index contributed by atoms with van der Waals surface area (Å²) in [6.45, 7) is 0. The molecular weight excluding hydrogens is 775 g/mol. The summed E-state index contributed by atoms with van der Waals surface area (Å²) in [5.41, 5.74) is 13.8. The third-order valence-corrected chi connectivity index (χ3v) is 11.0. The summed E-state index contributed by atoms with van der Waals surface area (Å²) in [7, 11) is 0. The number of hydrogen-bond donors (Lipinski definition) is 0. The fraction of sp³-hybridized carbons (Fsp3) is 0. The van der Waals surface area contributed by atoms with Gasteiger partial charge in [0.1, 0.15) is 0 Å². The van der Waals surface area contributed by atoms with E-state index in [0.717, 1.165) is 78.4 Å². The second kappa shape index (κ2) is 17.1. The van der Waals surface area contributed by atoms with Gasteiger partial charge in [0.05, 0.1) is 33.3 Å². The van der Waals surface area contributed by atoms with Gasteiger partial charge in [0.25, 0.3) is 5.69 Å². The maximum absolute atomic E-state index is 12.4. The summed E-state index contributed by atoms with van der Waals surface area (Å²) in [5, 5.41) is 12.4. The molecule has 0 saturated carbocycles. The fourth-order valence-corrected chi connectivity index (χ4v) is 7.85. The molecule has 7 heteroatoms. The summed E-state index contributed by atoms with van der Waals surface area (Å²) >= 11 is 0. The first-order valence-electron chi connectivity index (χ1n) is 20.6. The van der Waals surface area contributed by atoms with Gasteiger partial charge in [0.2, 0.25) is 0 Å². The van der Waals surface area contributed by atoms with Crippen LogP contribution in [0.3, 0.4) is 0 Å². The lowest BCUT2D eigenvalue weighted by atomic mass is 9.91. The summed E-state index contributed by atoms with van der Waals surface area (Å²) in [4.78, 5) is 32.4. The van der Waals surface area contributed by atoms with Crippen molar-refractivity contribution in [3.8, 4) is 101 Å². The predicted molar refractivity (Wildman–Crippen MR) is 253 cm³/mol. The Morgan fingerprint density at radius 1 is 0.286 bits per heavy atom. The molecule has 0 atom stereocenters. The van der Waals surface area contributed by atoms with Crippen LogP contribution in [-0.4, -0.2) is 24.9 Å². The number of hydrogen-bond acceptors (Lipinski definition) is 6. The Hall–Kier alpha value is -8.68. The van der Waals surface area contributed by atoms with Crippen molar-refractivity contribution in [1.29, 1.82) is 0 Å². The molecule has 0 unspecified atom stereocenters. The van der Waals surface area contributed by atoms with Gasteiger partial charge >= 0.3 is 0 Å². The van der Waals surface area contributed by atoms with Crippen LogP contribution in [0.15, 0.2) is 224 Å². The first-order chi connectivity index (χ1) is 31.0. The van der Waals surface area contributed by atoms with Crippen LogP contribution in [0.4, 0.5) is 5.69 Å². The second-order valence-corrected chi connectivity index (χ2v) is 15.1. The molecule has 10 rings (SSSR count). The predicted octanol–water partition coefficient (Wildman–Crippen LogP) is 14.2. The lowest BCUT2D eigenvalue weighted by Gasteiger charge is -2.14. The Kier molecular flexibility index (Phi) is 10.5. The molecule has 2 heterocycles. The molecule has 8 aromatic carbocycles. The van der Waals surface area contributed by atoms with Crippen molar-refractivity contribution in [2.45, 2.75) is 0 Å². The first kappa shape index (κ1) is 38.5. The minimum Gasteiger partial charge on any atom is -0.258 e. The molecule has 0 aliphatic carbocycles. The number of aromatic nitrogens is 4. The average molecular weight is 812 g/mol. The van der Waals surface area contributed by atoms with Crippen LogP contribution in [0.2, 0.25) is 0 Å². The quantitative estimate of drug-likeness (QED) is 0.101. The van der Waals surface area contributed by atoms with Crippen molar-refractivity contribution in [2.75, 3.05) is 0 Å². The molecule has 0 saturated heterocycles. The Labute approximate surface area is 364 Å². The van der Waals surface area contributed by atoms with Crippen LogP contribution in [0.1, 0.15) is 0 Å². The molecule has 0 aliphatic rings. The van der Waals surface area contributed by atoms with Gasteiger partial charge in [-0.25, -0.2) is 19.9 Å². The highest BCUT2D eigenvalue weighted by atomic mass is 16.6. The van der Waals surface area contributed by atoms with Crippen LogP contribution in [-0.2, 0) is 0 Å². The van der Waals surface area contributed by atoms with Crippen LogP contribution in [0, 0.1) is 10.1 Å². The zero-order valence-corrected chi connectivity index (χ0v) is 33.9. The molecule has 0 N–H and O–H groups in total. The standard InChI is InChI=1S/C56H37N5O2/c62-61(63)54-30-14-13-29-49(54)48-34-46(42-25-15-27-44(31-42)55-57-50(38-17-5-1-6-18-38)36-51(58-55)39-19-7-2-8-20-39)33-47(35-48)43-26-16-28-45(32-43)56-59-52(40-21-9-3-10-22-40)37-53(60-56)41-23-11-4-12-24-41/h1-37H. The second-order valence-electron chi connectivity index (χ2n) is 15.1. The molecular formula is C56H37N5O2. The van der Waals surface area contributed by atoms with E-state index in [-0.39, 0.29) is 10.6 Å². The molecule has 2 aromatic heterocycles. The van der Waals surface area contributed by atoms with Gasteiger partial charge in [-0.3, -0.25) is 10.1 Å². The molecule has 0 bridgehead atoms. The number of nitro benzene ring substituents is 1. The van der Waals surface area contributed by atoms with Crippen LogP contribution >= 0.6 is 0 Å². The van der Waals surface area contributed by atoms with Gasteiger partial charge < -0.3 is 0 Å². The van der Waals surface area contributed by atoms with E-state index in [1.54, 1.807) is 18.2 Å². The Bertz CT molecular complexity index is 2950. The van der Waals surface area contributed by atoms with Crippen molar-refractivity contribution in [3.05, 3.63) is 235 Å². The van der Waals surface area contributed by atoms with Crippen molar-refractivity contribution < 1.29 is 4.92 Å². The monoisotopic (exact) mass is 811 g/mol. The summed E-state index contributed by atoms with van der Waals surface area (Å²) < 4.78 is 0. The van der Waals surface area contributed by atoms with Gasteiger partial charge in [-0.1, -0.05) is 170 Å². The molecule has 0 spiro atoms.